The Morgan fingerprint density at radius 3 is 2.76 bits per heavy atom. The second-order valence-corrected chi connectivity index (χ2v) is 8.38. The van der Waals surface area contributed by atoms with Crippen LogP contribution in [0.5, 0.6) is 0 Å². The summed E-state index contributed by atoms with van der Waals surface area (Å²) >= 11 is 0. The fourth-order valence-electron chi connectivity index (χ4n) is 4.46. The van der Waals surface area contributed by atoms with E-state index in [-0.39, 0.29) is 23.8 Å². The van der Waals surface area contributed by atoms with Gasteiger partial charge in [-0.05, 0) is 51.2 Å². The van der Waals surface area contributed by atoms with Gasteiger partial charge < -0.3 is 14.5 Å². The van der Waals surface area contributed by atoms with Crippen molar-refractivity contribution in [2.45, 2.75) is 51.6 Å². The minimum atomic E-state index is -0.501. The maximum atomic E-state index is 13.0. The van der Waals surface area contributed by atoms with Gasteiger partial charge in [0.25, 0.3) is 0 Å². The minimum Gasteiger partial charge on any atom is -0.444 e. The number of para-hydroxylation sites is 1. The van der Waals surface area contributed by atoms with Crippen molar-refractivity contribution in [1.29, 1.82) is 0 Å². The lowest BCUT2D eigenvalue weighted by Crippen LogP contribution is -2.53. The molecule has 0 saturated carbocycles. The first kappa shape index (κ1) is 16.4. The molecule has 0 aliphatic carbocycles. The van der Waals surface area contributed by atoms with Crippen molar-refractivity contribution in [2.24, 2.45) is 5.92 Å². The van der Waals surface area contributed by atoms with Crippen LogP contribution >= 0.6 is 0 Å². The lowest BCUT2D eigenvalue weighted by Gasteiger charge is -2.46. The maximum absolute atomic E-state index is 13.0. The highest BCUT2D eigenvalue weighted by Gasteiger charge is 2.45. The van der Waals surface area contributed by atoms with Crippen molar-refractivity contribution in [3.8, 4) is 0 Å². The highest BCUT2D eigenvalue weighted by molar-refractivity contribution is 6.00. The Hall–Kier alpha value is -2.04. The zero-order valence-electron chi connectivity index (χ0n) is 15.2. The Labute approximate surface area is 148 Å². The van der Waals surface area contributed by atoms with Crippen LogP contribution < -0.4 is 4.90 Å². The van der Waals surface area contributed by atoms with Crippen LogP contribution in [0.2, 0.25) is 0 Å². The van der Waals surface area contributed by atoms with Gasteiger partial charge >= 0.3 is 6.09 Å². The van der Waals surface area contributed by atoms with Crippen molar-refractivity contribution in [3.63, 3.8) is 0 Å². The van der Waals surface area contributed by atoms with Gasteiger partial charge in [-0.25, -0.2) is 4.79 Å². The highest BCUT2D eigenvalue weighted by atomic mass is 16.6. The number of carbonyl (C=O) groups is 2. The molecule has 5 nitrogen and oxygen atoms in total. The summed E-state index contributed by atoms with van der Waals surface area (Å²) in [6.45, 7) is 7.62. The van der Waals surface area contributed by atoms with E-state index in [1.54, 1.807) is 4.90 Å². The Balaban J connectivity index is 1.65. The predicted octanol–water partition coefficient (Wildman–Crippen LogP) is 3.32. The summed E-state index contributed by atoms with van der Waals surface area (Å²) in [7, 11) is 0. The van der Waals surface area contributed by atoms with Gasteiger partial charge in [0, 0.05) is 31.5 Å². The van der Waals surface area contributed by atoms with Crippen molar-refractivity contribution in [1.82, 2.24) is 4.90 Å². The molecule has 3 aliphatic heterocycles. The van der Waals surface area contributed by atoms with Gasteiger partial charge in [-0.2, -0.15) is 0 Å². The molecular weight excluding hydrogens is 316 g/mol. The molecule has 0 spiro atoms. The molecule has 1 saturated heterocycles. The number of anilines is 1. The number of benzene rings is 1. The Kier molecular flexibility index (Phi) is 3.78. The monoisotopic (exact) mass is 342 g/mol. The van der Waals surface area contributed by atoms with Crippen LogP contribution in [0, 0.1) is 5.92 Å². The van der Waals surface area contributed by atoms with Crippen LogP contribution in [0.4, 0.5) is 10.5 Å². The van der Waals surface area contributed by atoms with E-state index in [1.807, 2.05) is 25.7 Å². The summed E-state index contributed by atoms with van der Waals surface area (Å²) in [6.07, 6.45) is 2.50. The number of ether oxygens (including phenoxy) is 1. The van der Waals surface area contributed by atoms with E-state index in [0.29, 0.717) is 19.5 Å². The highest BCUT2D eigenvalue weighted by Crippen LogP contribution is 2.46. The first-order chi connectivity index (χ1) is 11.8. The van der Waals surface area contributed by atoms with Crippen LogP contribution in [-0.2, 0) is 16.0 Å². The summed E-state index contributed by atoms with van der Waals surface area (Å²) in [5.41, 5.74) is 3.12. The smallest absolute Gasteiger partial charge is 0.410 e. The molecule has 0 radical (unpaired) electrons. The van der Waals surface area contributed by atoms with Gasteiger partial charge in [0.05, 0.1) is 5.69 Å². The molecule has 5 heteroatoms. The molecule has 1 fully saturated rings. The second-order valence-electron chi connectivity index (χ2n) is 8.38. The van der Waals surface area contributed by atoms with Crippen LogP contribution in [0.1, 0.15) is 50.7 Å². The molecule has 3 aliphatic rings. The number of nitrogens with zero attached hydrogens (tertiary/aromatic N) is 2. The molecule has 2 unspecified atom stereocenters. The van der Waals surface area contributed by atoms with E-state index in [2.05, 4.69) is 18.2 Å². The number of fused-ring (bicyclic) bond motifs is 2. The first-order valence-electron chi connectivity index (χ1n) is 9.26. The second kappa shape index (κ2) is 5.75. The number of amides is 2. The van der Waals surface area contributed by atoms with E-state index in [4.69, 9.17) is 4.74 Å². The van der Waals surface area contributed by atoms with E-state index in [9.17, 15) is 9.59 Å². The molecule has 4 rings (SSSR count). The number of piperidine rings is 1. The molecule has 3 heterocycles. The lowest BCUT2D eigenvalue weighted by molar-refractivity contribution is -0.125. The average molecular weight is 342 g/mol. The summed E-state index contributed by atoms with van der Waals surface area (Å²) < 4.78 is 5.54. The summed E-state index contributed by atoms with van der Waals surface area (Å²) in [6, 6.07) is 6.36. The molecule has 2 amide bonds. The van der Waals surface area contributed by atoms with Crippen molar-refractivity contribution in [2.75, 3.05) is 24.5 Å². The van der Waals surface area contributed by atoms with Gasteiger partial charge in [-0.15, -0.1) is 0 Å². The van der Waals surface area contributed by atoms with Crippen molar-refractivity contribution >= 4 is 17.7 Å². The molecule has 0 bridgehead atoms. The molecule has 0 N–H and O–H groups in total. The lowest BCUT2D eigenvalue weighted by atomic mass is 9.74. The van der Waals surface area contributed by atoms with E-state index < -0.39 is 5.60 Å². The maximum Gasteiger partial charge on any atom is 0.410 e. The zero-order valence-corrected chi connectivity index (χ0v) is 15.2. The van der Waals surface area contributed by atoms with Crippen LogP contribution in [0.3, 0.4) is 0 Å². The Morgan fingerprint density at radius 2 is 2.00 bits per heavy atom. The summed E-state index contributed by atoms with van der Waals surface area (Å²) in [4.78, 5) is 29.3. The Morgan fingerprint density at radius 1 is 1.20 bits per heavy atom. The number of hydrogen-bond donors (Lipinski definition) is 0. The predicted molar refractivity (Wildman–Crippen MR) is 95.8 cm³/mol. The van der Waals surface area contributed by atoms with Gasteiger partial charge in [0.2, 0.25) is 5.91 Å². The largest absolute Gasteiger partial charge is 0.444 e. The summed E-state index contributed by atoms with van der Waals surface area (Å²) in [5.74, 6) is 0.311. The number of rotatable bonds is 0. The average Bonchev–Trinajstić information content (AvgIpc) is 2.57. The van der Waals surface area contributed by atoms with Gasteiger partial charge in [-0.3, -0.25) is 4.79 Å². The Bertz CT molecular complexity index is 722. The third kappa shape index (κ3) is 2.79. The third-order valence-electron chi connectivity index (χ3n) is 5.50. The molecule has 2 atom stereocenters. The molecule has 25 heavy (non-hydrogen) atoms. The van der Waals surface area contributed by atoms with Crippen molar-refractivity contribution in [3.05, 3.63) is 29.3 Å². The van der Waals surface area contributed by atoms with E-state index in [1.165, 1.54) is 11.1 Å². The van der Waals surface area contributed by atoms with Crippen LogP contribution in [0.25, 0.3) is 0 Å². The molecule has 134 valence electrons. The fourth-order valence-corrected chi connectivity index (χ4v) is 4.46. The van der Waals surface area contributed by atoms with E-state index in [0.717, 1.165) is 25.1 Å². The van der Waals surface area contributed by atoms with Gasteiger partial charge in [-0.1, -0.05) is 18.2 Å². The van der Waals surface area contributed by atoms with Crippen molar-refractivity contribution < 1.29 is 14.3 Å². The molecular formula is C20H26N2O3. The number of likely N-dealkylation sites (tertiary alicyclic amines) is 1. The number of hydrogen-bond acceptors (Lipinski definition) is 3. The van der Waals surface area contributed by atoms with Crippen LogP contribution in [-0.4, -0.2) is 42.1 Å². The van der Waals surface area contributed by atoms with Gasteiger partial charge in [0.1, 0.15) is 5.60 Å². The molecule has 1 aromatic rings. The first-order valence-corrected chi connectivity index (χ1v) is 9.26. The number of aryl methyl sites for hydroxylation is 1. The minimum absolute atomic E-state index is 0.0143. The SMILES string of the molecule is CC(C)(C)OC(=O)N1CCC2C(=O)N3CCCc4cccc(c43)C2C1. The fraction of sp³-hybridized carbons (Fsp3) is 0.600. The quantitative estimate of drug-likeness (QED) is 0.727. The molecule has 0 aromatic heterocycles. The van der Waals surface area contributed by atoms with Crippen LogP contribution in [0.15, 0.2) is 18.2 Å². The third-order valence-corrected chi connectivity index (χ3v) is 5.50. The normalized spacial score (nSPS) is 25.3. The van der Waals surface area contributed by atoms with Gasteiger partial charge in [0.15, 0.2) is 0 Å². The summed E-state index contributed by atoms with van der Waals surface area (Å²) in [5, 5.41) is 0. The number of carbonyl (C=O) groups excluding carboxylic acids is 2. The zero-order chi connectivity index (χ0) is 17.8. The molecule has 1 aromatic carbocycles. The standard InChI is InChI=1S/C20H26N2O3/c1-20(2,3)25-19(24)21-11-9-15-16(12-21)14-8-4-6-13-7-5-10-22(17(13)14)18(15)23/h4,6,8,15-16H,5,7,9-12H2,1-3H3. The topological polar surface area (TPSA) is 49.9 Å². The van der Waals surface area contributed by atoms with E-state index >= 15 is 0 Å².